The molecule has 3 nitrogen and oxygen atoms in total. The molecule has 15 heavy (non-hydrogen) atoms. The van der Waals surface area contributed by atoms with Crippen molar-refractivity contribution in [1.29, 1.82) is 0 Å². The van der Waals surface area contributed by atoms with E-state index in [1.807, 2.05) is 6.92 Å². The van der Waals surface area contributed by atoms with Gasteiger partial charge in [-0.05, 0) is 30.9 Å². The van der Waals surface area contributed by atoms with Gasteiger partial charge in [0.2, 0.25) is 0 Å². The van der Waals surface area contributed by atoms with E-state index >= 15 is 0 Å². The van der Waals surface area contributed by atoms with E-state index < -0.39 is 5.97 Å². The predicted molar refractivity (Wildman–Crippen MR) is 57.0 cm³/mol. The molecule has 1 rings (SSSR count). The van der Waals surface area contributed by atoms with Crippen LogP contribution in [0.5, 0.6) is 0 Å². The number of allylic oxidation sites excluding steroid dienone is 2. The highest BCUT2D eigenvalue weighted by atomic mass is 16.4. The summed E-state index contributed by atoms with van der Waals surface area (Å²) in [4.78, 5) is 20.2. The molecule has 1 aliphatic carbocycles. The fourth-order valence-corrected chi connectivity index (χ4v) is 1.67. The Morgan fingerprint density at radius 2 is 2.00 bits per heavy atom. The van der Waals surface area contributed by atoms with E-state index in [1.165, 1.54) is 5.57 Å². The third-order valence-electron chi connectivity index (χ3n) is 1.98. The Labute approximate surface area is 90.5 Å². The lowest BCUT2D eigenvalue weighted by atomic mass is 9.77. The Morgan fingerprint density at radius 3 is 2.27 bits per heavy atom. The van der Waals surface area contributed by atoms with Crippen molar-refractivity contribution < 1.29 is 14.7 Å². The summed E-state index contributed by atoms with van der Waals surface area (Å²) in [6, 6.07) is 0. The largest absolute Gasteiger partial charge is 0.545 e. The van der Waals surface area contributed by atoms with Crippen molar-refractivity contribution in [3.05, 3.63) is 24.3 Å². The summed E-state index contributed by atoms with van der Waals surface area (Å²) in [5.41, 5.74) is 1.43. The van der Waals surface area contributed by atoms with Crippen molar-refractivity contribution in [2.24, 2.45) is 5.41 Å². The van der Waals surface area contributed by atoms with Crippen molar-refractivity contribution in [3.8, 4) is 0 Å². The highest BCUT2D eigenvalue weighted by Crippen LogP contribution is 2.32. The zero-order valence-corrected chi connectivity index (χ0v) is 9.50. The van der Waals surface area contributed by atoms with Crippen LogP contribution in [0.3, 0.4) is 0 Å². The first-order valence-electron chi connectivity index (χ1n) is 4.80. The Kier molecular flexibility index (Phi) is 4.98. The second kappa shape index (κ2) is 5.49. The molecule has 0 amide bonds. The summed E-state index contributed by atoms with van der Waals surface area (Å²) in [5, 5.41) is 9.14. The first kappa shape index (κ1) is 13.6. The van der Waals surface area contributed by atoms with Gasteiger partial charge in [-0.2, -0.15) is 0 Å². The van der Waals surface area contributed by atoms with Gasteiger partial charge < -0.3 is 9.90 Å². The number of carbonyl (C=O) groups excluding carboxylic acids is 2. The monoisotopic (exact) mass is 209 g/mol. The van der Waals surface area contributed by atoms with E-state index in [2.05, 4.69) is 20.4 Å². The van der Waals surface area contributed by atoms with Crippen molar-refractivity contribution in [2.45, 2.75) is 33.6 Å². The quantitative estimate of drug-likeness (QED) is 0.610. The minimum Gasteiger partial charge on any atom is -0.545 e. The van der Waals surface area contributed by atoms with Crippen molar-refractivity contribution in [3.63, 3.8) is 0 Å². The molecule has 0 aliphatic heterocycles. The van der Waals surface area contributed by atoms with Crippen LogP contribution in [0.1, 0.15) is 33.6 Å². The second-order valence-electron chi connectivity index (χ2n) is 4.50. The van der Waals surface area contributed by atoms with Gasteiger partial charge >= 0.3 is 0 Å². The van der Waals surface area contributed by atoms with Crippen LogP contribution in [-0.2, 0) is 9.59 Å². The van der Waals surface area contributed by atoms with Gasteiger partial charge in [0.05, 0.1) is 5.97 Å². The number of carboxylic acids is 1. The molecular weight excluding hydrogens is 192 g/mol. The number of hydrogen-bond acceptors (Lipinski definition) is 3. The first-order chi connectivity index (χ1) is 6.76. The fourth-order valence-electron chi connectivity index (χ4n) is 1.67. The number of rotatable bonds is 1. The SMILES string of the molecule is C=CC(=O)[O-].CC1=CC(=O)CC(C)(C)C1. The van der Waals surface area contributed by atoms with Crippen LogP contribution in [0.2, 0.25) is 0 Å². The fraction of sp³-hybridized carbons (Fsp3) is 0.500. The van der Waals surface area contributed by atoms with Gasteiger partial charge in [0.15, 0.2) is 5.78 Å². The lowest BCUT2D eigenvalue weighted by Gasteiger charge is -2.27. The molecular formula is C12H17O3-. The Bertz CT molecular complexity index is 298. The summed E-state index contributed by atoms with van der Waals surface area (Å²) >= 11 is 0. The lowest BCUT2D eigenvalue weighted by molar-refractivity contribution is -0.297. The molecule has 0 aromatic heterocycles. The number of ketones is 1. The standard InChI is InChI=1S/C9H14O.C3H4O2/c1-7-4-8(10)6-9(2,3)5-7;1-2-3(4)5/h4H,5-6H2,1-3H3;2H,1H2,(H,4,5)/p-1. The van der Waals surface area contributed by atoms with E-state index in [4.69, 9.17) is 9.90 Å². The number of aliphatic carboxylic acids is 1. The molecule has 3 heteroatoms. The maximum absolute atomic E-state index is 11.0. The molecule has 0 aromatic rings. The summed E-state index contributed by atoms with van der Waals surface area (Å²) in [7, 11) is 0. The van der Waals surface area contributed by atoms with Crippen molar-refractivity contribution in [1.82, 2.24) is 0 Å². The number of carboxylic acid groups (broad SMARTS) is 1. The Balaban J connectivity index is 0.000000336. The Hall–Kier alpha value is -1.38. The number of carbonyl (C=O) groups is 2. The normalized spacial score (nSPS) is 18.3. The zero-order valence-electron chi connectivity index (χ0n) is 9.50. The summed E-state index contributed by atoms with van der Waals surface area (Å²) in [6.07, 6.45) is 4.27. The van der Waals surface area contributed by atoms with E-state index in [-0.39, 0.29) is 11.2 Å². The summed E-state index contributed by atoms with van der Waals surface area (Å²) in [5.74, 6) is -0.946. The van der Waals surface area contributed by atoms with Gasteiger partial charge in [-0.25, -0.2) is 0 Å². The van der Waals surface area contributed by atoms with Crippen LogP contribution in [-0.4, -0.2) is 11.8 Å². The minimum atomic E-state index is -1.23. The van der Waals surface area contributed by atoms with Gasteiger partial charge in [-0.1, -0.05) is 26.0 Å². The maximum Gasteiger partial charge on any atom is 0.156 e. The van der Waals surface area contributed by atoms with Gasteiger partial charge in [-0.15, -0.1) is 0 Å². The molecule has 0 fully saturated rings. The van der Waals surface area contributed by atoms with Crippen LogP contribution in [0.25, 0.3) is 0 Å². The van der Waals surface area contributed by atoms with Gasteiger partial charge in [-0.3, -0.25) is 4.79 Å². The molecule has 0 atom stereocenters. The summed E-state index contributed by atoms with van der Waals surface area (Å²) in [6.45, 7) is 9.21. The molecule has 84 valence electrons. The molecule has 0 saturated carbocycles. The summed E-state index contributed by atoms with van der Waals surface area (Å²) < 4.78 is 0. The molecule has 0 heterocycles. The first-order valence-corrected chi connectivity index (χ1v) is 4.80. The van der Waals surface area contributed by atoms with Crippen LogP contribution >= 0.6 is 0 Å². The van der Waals surface area contributed by atoms with Crippen LogP contribution in [0.4, 0.5) is 0 Å². The van der Waals surface area contributed by atoms with Crippen LogP contribution < -0.4 is 5.11 Å². The van der Waals surface area contributed by atoms with Crippen LogP contribution in [0.15, 0.2) is 24.3 Å². The molecule has 0 spiro atoms. The van der Waals surface area contributed by atoms with Crippen LogP contribution in [0, 0.1) is 5.41 Å². The van der Waals surface area contributed by atoms with E-state index in [1.54, 1.807) is 6.08 Å². The topological polar surface area (TPSA) is 57.2 Å². The third-order valence-corrected chi connectivity index (χ3v) is 1.98. The minimum absolute atomic E-state index is 0.204. The highest BCUT2D eigenvalue weighted by Gasteiger charge is 2.25. The average molecular weight is 209 g/mol. The zero-order chi connectivity index (χ0) is 12.1. The van der Waals surface area contributed by atoms with Crippen molar-refractivity contribution in [2.75, 3.05) is 0 Å². The molecule has 0 bridgehead atoms. The smallest absolute Gasteiger partial charge is 0.156 e. The molecule has 0 N–H and O–H groups in total. The molecule has 0 unspecified atom stereocenters. The molecule has 0 saturated heterocycles. The van der Waals surface area contributed by atoms with Crippen molar-refractivity contribution >= 4 is 11.8 Å². The van der Waals surface area contributed by atoms with Gasteiger partial charge in [0.25, 0.3) is 0 Å². The van der Waals surface area contributed by atoms with E-state index in [0.717, 1.165) is 12.5 Å². The van der Waals surface area contributed by atoms with Gasteiger partial charge in [0, 0.05) is 6.42 Å². The molecule has 0 radical (unpaired) electrons. The third kappa shape index (κ3) is 6.66. The maximum atomic E-state index is 11.0. The molecule has 1 aliphatic rings. The predicted octanol–water partition coefficient (Wildman–Crippen LogP) is 1.24. The second-order valence-corrected chi connectivity index (χ2v) is 4.50. The lowest BCUT2D eigenvalue weighted by Crippen LogP contribution is -2.20. The Morgan fingerprint density at radius 1 is 1.53 bits per heavy atom. The highest BCUT2D eigenvalue weighted by molar-refractivity contribution is 5.91. The van der Waals surface area contributed by atoms with E-state index in [9.17, 15) is 4.79 Å². The number of hydrogen-bond donors (Lipinski definition) is 0. The average Bonchev–Trinajstić information content (AvgIpc) is 2.00. The van der Waals surface area contributed by atoms with Gasteiger partial charge in [0.1, 0.15) is 0 Å². The molecule has 0 aromatic carbocycles. The van der Waals surface area contributed by atoms with E-state index in [0.29, 0.717) is 6.42 Å².